The zero-order chi connectivity index (χ0) is 16.0. The van der Waals surface area contributed by atoms with Crippen LogP contribution in [0.2, 0.25) is 0 Å². The minimum atomic E-state index is -0.779. The summed E-state index contributed by atoms with van der Waals surface area (Å²) in [7, 11) is 0. The summed E-state index contributed by atoms with van der Waals surface area (Å²) in [5.74, 6) is 0.683. The van der Waals surface area contributed by atoms with Crippen LogP contribution >= 0.6 is 0 Å². The van der Waals surface area contributed by atoms with Gasteiger partial charge in [-0.1, -0.05) is 51.1 Å². The van der Waals surface area contributed by atoms with Crippen molar-refractivity contribution in [2.24, 2.45) is 10.4 Å². The zero-order valence-corrected chi connectivity index (χ0v) is 13.4. The maximum Gasteiger partial charge on any atom is 0.329 e. The van der Waals surface area contributed by atoms with Crippen molar-refractivity contribution in [3.05, 3.63) is 59.8 Å². The summed E-state index contributed by atoms with van der Waals surface area (Å²) in [4.78, 5) is 19.1. The summed E-state index contributed by atoms with van der Waals surface area (Å²) in [5.41, 5.74) is 1.02. The lowest BCUT2D eigenvalue weighted by atomic mass is 9.75. The molecule has 2 amide bonds. The van der Waals surface area contributed by atoms with Gasteiger partial charge < -0.3 is 5.32 Å². The van der Waals surface area contributed by atoms with Crippen molar-refractivity contribution in [1.29, 1.82) is 0 Å². The predicted molar refractivity (Wildman–Crippen MR) is 88.3 cm³/mol. The van der Waals surface area contributed by atoms with E-state index in [0.717, 1.165) is 11.1 Å². The third kappa shape index (κ3) is 2.15. The number of nitrogens with one attached hydrogen (secondary N) is 1. The third-order valence-corrected chi connectivity index (χ3v) is 4.16. The topological polar surface area (TPSA) is 44.7 Å². The molecule has 114 valence electrons. The number of urea groups is 1. The number of carbonyl (C=O) groups is 1. The number of nitrogens with zero attached hydrogens (tertiary/aromatic N) is 2. The standard InChI is InChI=1S/C18H21N3O/c1-13-10-11-21-15(12-13)19-18(17(2,3)4,20-16(21)22)14-8-6-5-7-9-14/h5-12H,1-4H3,(H,20,22)/t18-/m1/s1. The average Bonchev–Trinajstić information content (AvgIpc) is 2.46. The Labute approximate surface area is 131 Å². The van der Waals surface area contributed by atoms with Crippen molar-refractivity contribution in [3.8, 4) is 0 Å². The predicted octanol–water partition coefficient (Wildman–Crippen LogP) is 3.78. The fourth-order valence-corrected chi connectivity index (χ4v) is 2.87. The van der Waals surface area contributed by atoms with Crippen LogP contribution in [0.15, 0.2) is 59.2 Å². The van der Waals surface area contributed by atoms with Gasteiger partial charge in [-0.2, -0.15) is 0 Å². The van der Waals surface area contributed by atoms with Gasteiger partial charge in [-0.15, -0.1) is 0 Å². The fourth-order valence-electron chi connectivity index (χ4n) is 2.87. The van der Waals surface area contributed by atoms with Crippen LogP contribution in [0.1, 0.15) is 33.3 Å². The molecule has 0 saturated carbocycles. The lowest BCUT2D eigenvalue weighted by molar-refractivity contribution is 0.132. The Hall–Kier alpha value is -2.36. The van der Waals surface area contributed by atoms with E-state index >= 15 is 0 Å². The minimum Gasteiger partial charge on any atom is -0.308 e. The normalized spacial score (nSPS) is 24.4. The molecular formula is C18H21N3O. The molecule has 0 unspecified atom stereocenters. The largest absolute Gasteiger partial charge is 0.329 e. The molecule has 1 N–H and O–H groups in total. The highest BCUT2D eigenvalue weighted by molar-refractivity contribution is 6.08. The van der Waals surface area contributed by atoms with Gasteiger partial charge in [0, 0.05) is 17.2 Å². The van der Waals surface area contributed by atoms with E-state index in [2.05, 4.69) is 26.1 Å². The quantitative estimate of drug-likeness (QED) is 0.842. The molecule has 4 heteroatoms. The van der Waals surface area contributed by atoms with Gasteiger partial charge in [-0.3, -0.25) is 4.90 Å². The SMILES string of the molecule is CC1=CC2=N[C@@](c3ccccc3)(C(C)(C)C)NC(=O)N2C=C1. The van der Waals surface area contributed by atoms with Crippen molar-refractivity contribution >= 4 is 11.9 Å². The molecule has 2 heterocycles. The van der Waals surface area contributed by atoms with Crippen LogP contribution in [0.4, 0.5) is 4.79 Å². The molecule has 0 saturated heterocycles. The van der Waals surface area contributed by atoms with Crippen LogP contribution in [-0.2, 0) is 5.66 Å². The second-order valence-electron chi connectivity index (χ2n) is 6.80. The van der Waals surface area contributed by atoms with Gasteiger partial charge in [0.25, 0.3) is 0 Å². The Kier molecular flexibility index (Phi) is 3.20. The number of fused-ring (bicyclic) bond motifs is 1. The van der Waals surface area contributed by atoms with E-state index in [4.69, 9.17) is 4.99 Å². The molecule has 1 aromatic rings. The minimum absolute atomic E-state index is 0.149. The van der Waals surface area contributed by atoms with Crippen LogP contribution in [0.3, 0.4) is 0 Å². The van der Waals surface area contributed by atoms with Crippen molar-refractivity contribution in [1.82, 2.24) is 10.2 Å². The van der Waals surface area contributed by atoms with Crippen molar-refractivity contribution in [3.63, 3.8) is 0 Å². The Morgan fingerprint density at radius 2 is 1.86 bits per heavy atom. The highest BCUT2D eigenvalue weighted by Crippen LogP contribution is 2.43. The Morgan fingerprint density at radius 3 is 2.50 bits per heavy atom. The molecule has 0 aromatic heterocycles. The van der Waals surface area contributed by atoms with E-state index in [1.807, 2.05) is 49.4 Å². The van der Waals surface area contributed by atoms with E-state index in [1.165, 1.54) is 0 Å². The lowest BCUT2D eigenvalue weighted by Crippen LogP contribution is -2.61. The van der Waals surface area contributed by atoms with Crippen molar-refractivity contribution in [2.75, 3.05) is 0 Å². The van der Waals surface area contributed by atoms with Crippen molar-refractivity contribution in [2.45, 2.75) is 33.4 Å². The highest BCUT2D eigenvalue weighted by Gasteiger charge is 2.48. The molecule has 0 fully saturated rings. The Bertz CT molecular complexity index is 695. The van der Waals surface area contributed by atoms with Gasteiger partial charge in [-0.05, 0) is 24.6 Å². The maximum atomic E-state index is 12.6. The smallest absolute Gasteiger partial charge is 0.308 e. The number of benzene rings is 1. The van der Waals surface area contributed by atoms with E-state index in [9.17, 15) is 4.79 Å². The van der Waals surface area contributed by atoms with E-state index in [-0.39, 0.29) is 11.4 Å². The first-order valence-electron chi connectivity index (χ1n) is 7.47. The molecule has 1 atom stereocenters. The number of hydrogen-bond acceptors (Lipinski definition) is 2. The first-order valence-corrected chi connectivity index (χ1v) is 7.47. The number of amides is 2. The average molecular weight is 295 g/mol. The number of carbonyl (C=O) groups excluding carboxylic acids is 1. The third-order valence-electron chi connectivity index (χ3n) is 4.16. The monoisotopic (exact) mass is 295 g/mol. The number of aliphatic imine (C=N–C) groups is 1. The summed E-state index contributed by atoms with van der Waals surface area (Å²) in [5, 5.41) is 3.12. The molecule has 0 aliphatic carbocycles. The van der Waals surface area contributed by atoms with Gasteiger partial charge in [0.05, 0.1) is 0 Å². The van der Waals surface area contributed by atoms with Crippen LogP contribution in [0, 0.1) is 5.41 Å². The van der Waals surface area contributed by atoms with Gasteiger partial charge in [0.2, 0.25) is 0 Å². The van der Waals surface area contributed by atoms with Crippen LogP contribution in [0.5, 0.6) is 0 Å². The van der Waals surface area contributed by atoms with E-state index < -0.39 is 5.66 Å². The molecule has 3 rings (SSSR count). The molecule has 22 heavy (non-hydrogen) atoms. The van der Waals surface area contributed by atoms with E-state index in [0.29, 0.717) is 5.84 Å². The molecule has 0 bridgehead atoms. The number of allylic oxidation sites excluding steroid dienone is 2. The highest BCUT2D eigenvalue weighted by atomic mass is 16.2. The first kappa shape index (κ1) is 14.6. The summed E-state index contributed by atoms with van der Waals surface area (Å²) >= 11 is 0. The first-order chi connectivity index (χ1) is 10.3. The molecular weight excluding hydrogens is 274 g/mol. The van der Waals surface area contributed by atoms with Crippen molar-refractivity contribution < 1.29 is 4.79 Å². The van der Waals surface area contributed by atoms with Crippen LogP contribution in [0.25, 0.3) is 0 Å². The second-order valence-corrected chi connectivity index (χ2v) is 6.80. The van der Waals surface area contributed by atoms with Crippen LogP contribution < -0.4 is 5.32 Å². The summed E-state index contributed by atoms with van der Waals surface area (Å²) in [6.45, 7) is 8.28. The summed E-state index contributed by atoms with van der Waals surface area (Å²) in [6.07, 6.45) is 5.62. The summed E-state index contributed by atoms with van der Waals surface area (Å²) in [6, 6.07) is 9.80. The maximum absolute atomic E-state index is 12.6. The van der Waals surface area contributed by atoms with Gasteiger partial charge in [-0.25, -0.2) is 9.79 Å². The molecule has 1 aromatic carbocycles. The Morgan fingerprint density at radius 1 is 1.18 bits per heavy atom. The Balaban J connectivity index is 2.22. The molecule has 4 nitrogen and oxygen atoms in total. The molecule has 0 spiro atoms. The number of rotatable bonds is 1. The number of hydrogen-bond donors (Lipinski definition) is 1. The molecule has 2 aliphatic heterocycles. The van der Waals surface area contributed by atoms with Crippen LogP contribution in [-0.4, -0.2) is 16.8 Å². The molecule has 0 radical (unpaired) electrons. The fraction of sp³-hybridized carbons (Fsp3) is 0.333. The summed E-state index contributed by atoms with van der Waals surface area (Å²) < 4.78 is 0. The number of amidine groups is 1. The lowest BCUT2D eigenvalue weighted by Gasteiger charge is -2.47. The molecule has 2 aliphatic rings. The zero-order valence-electron chi connectivity index (χ0n) is 13.4. The van der Waals surface area contributed by atoms with Gasteiger partial charge in [0.15, 0.2) is 5.66 Å². The van der Waals surface area contributed by atoms with Gasteiger partial charge in [0.1, 0.15) is 5.84 Å². The van der Waals surface area contributed by atoms with Gasteiger partial charge >= 0.3 is 6.03 Å². The van der Waals surface area contributed by atoms with E-state index in [1.54, 1.807) is 11.1 Å². The second kappa shape index (κ2) is 4.83.